The Labute approximate surface area is 149 Å². The minimum atomic E-state index is -0.491. The van der Waals surface area contributed by atoms with E-state index >= 15 is 0 Å². The molecule has 6 heteroatoms. The largest absolute Gasteiger partial charge is 0.444 e. The fraction of sp³-hybridized carbons (Fsp3) is 0.706. The summed E-state index contributed by atoms with van der Waals surface area (Å²) in [6.07, 6.45) is -0.279. The molecule has 0 aliphatic rings. The van der Waals surface area contributed by atoms with E-state index in [4.69, 9.17) is 16.3 Å². The van der Waals surface area contributed by atoms with Crippen LogP contribution in [0.15, 0.2) is 12.1 Å². The van der Waals surface area contributed by atoms with Gasteiger partial charge in [-0.1, -0.05) is 11.6 Å². The molecule has 0 bridgehead atoms. The Morgan fingerprint density at radius 1 is 1.30 bits per heavy atom. The summed E-state index contributed by atoms with van der Waals surface area (Å²) in [6.45, 7) is 15.1. The molecule has 1 unspecified atom stereocenters. The average Bonchev–Trinajstić information content (AvgIpc) is 2.77. The first-order chi connectivity index (χ1) is 10.4. The third-order valence-corrected chi connectivity index (χ3v) is 4.64. The number of halogens is 1. The number of nitrogens with zero attached hydrogens (tertiary/aromatic N) is 1. The zero-order chi connectivity index (χ0) is 17.8. The summed E-state index contributed by atoms with van der Waals surface area (Å²) < 4.78 is 6.31. The Kier molecular flexibility index (Phi) is 6.93. The number of ether oxygens (including phenoxy) is 1. The van der Waals surface area contributed by atoms with Crippen LogP contribution < -0.4 is 5.32 Å². The number of rotatable bonds is 5. The van der Waals surface area contributed by atoms with Gasteiger partial charge >= 0.3 is 6.09 Å². The molecule has 0 spiro atoms. The summed E-state index contributed by atoms with van der Waals surface area (Å²) in [5.41, 5.74) is -0.783. The minimum Gasteiger partial charge on any atom is -0.444 e. The lowest BCUT2D eigenvalue weighted by Crippen LogP contribution is -2.50. The molecule has 1 heterocycles. The second-order valence-corrected chi connectivity index (χ2v) is 9.37. The van der Waals surface area contributed by atoms with Crippen LogP contribution in [0.25, 0.3) is 0 Å². The fourth-order valence-corrected chi connectivity index (χ4v) is 3.16. The van der Waals surface area contributed by atoms with E-state index in [0.717, 1.165) is 4.34 Å². The van der Waals surface area contributed by atoms with Gasteiger partial charge in [0.15, 0.2) is 0 Å². The van der Waals surface area contributed by atoms with Crippen LogP contribution in [0.4, 0.5) is 4.79 Å². The molecule has 1 rings (SSSR count). The maximum Gasteiger partial charge on any atom is 0.410 e. The summed E-state index contributed by atoms with van der Waals surface area (Å²) >= 11 is 7.55. The van der Waals surface area contributed by atoms with Crippen molar-refractivity contribution < 1.29 is 9.53 Å². The highest BCUT2D eigenvalue weighted by Crippen LogP contribution is 2.26. The first-order valence-electron chi connectivity index (χ1n) is 7.89. The molecule has 4 nitrogen and oxygen atoms in total. The van der Waals surface area contributed by atoms with E-state index in [9.17, 15) is 4.79 Å². The van der Waals surface area contributed by atoms with Crippen molar-refractivity contribution in [2.75, 3.05) is 13.1 Å². The van der Waals surface area contributed by atoms with E-state index in [0.29, 0.717) is 13.1 Å². The van der Waals surface area contributed by atoms with Crippen molar-refractivity contribution in [3.05, 3.63) is 21.3 Å². The van der Waals surface area contributed by atoms with E-state index < -0.39 is 5.60 Å². The first kappa shape index (κ1) is 20.3. The van der Waals surface area contributed by atoms with Crippen molar-refractivity contribution >= 4 is 29.0 Å². The van der Waals surface area contributed by atoms with Crippen LogP contribution in [0.5, 0.6) is 0 Å². The Bertz CT molecular complexity index is 517. The van der Waals surface area contributed by atoms with Gasteiger partial charge in [0.05, 0.1) is 4.34 Å². The topological polar surface area (TPSA) is 41.6 Å². The predicted octanol–water partition coefficient (Wildman–Crippen LogP) is 5.09. The highest BCUT2D eigenvalue weighted by atomic mass is 35.5. The van der Waals surface area contributed by atoms with Crippen LogP contribution >= 0.6 is 22.9 Å². The van der Waals surface area contributed by atoms with E-state index in [1.165, 1.54) is 4.88 Å². The highest BCUT2D eigenvalue weighted by molar-refractivity contribution is 7.16. The summed E-state index contributed by atoms with van der Waals surface area (Å²) in [4.78, 5) is 15.4. The van der Waals surface area contributed by atoms with Crippen LogP contribution in [0, 0.1) is 0 Å². The maximum atomic E-state index is 12.4. The van der Waals surface area contributed by atoms with E-state index in [1.807, 2.05) is 53.7 Å². The molecule has 0 saturated carbocycles. The first-order valence-corrected chi connectivity index (χ1v) is 9.09. The van der Waals surface area contributed by atoms with Gasteiger partial charge in [0.25, 0.3) is 0 Å². The number of hydrogen-bond acceptors (Lipinski definition) is 4. The smallest absolute Gasteiger partial charge is 0.410 e. The van der Waals surface area contributed by atoms with Gasteiger partial charge in [-0.05, 0) is 60.6 Å². The molecule has 0 radical (unpaired) electrons. The highest BCUT2D eigenvalue weighted by Gasteiger charge is 2.30. The van der Waals surface area contributed by atoms with E-state index in [1.54, 1.807) is 16.2 Å². The van der Waals surface area contributed by atoms with Crippen molar-refractivity contribution in [3.8, 4) is 0 Å². The molecule has 1 aromatic rings. The Morgan fingerprint density at radius 2 is 1.91 bits per heavy atom. The lowest BCUT2D eigenvalue weighted by atomic mass is 10.1. The SMILES string of the molecule is CC(NCCN(C(=O)OC(C)(C)C)C(C)(C)C)c1ccc(Cl)s1. The molecule has 1 N–H and O–H groups in total. The molecule has 0 aromatic carbocycles. The van der Waals surface area contributed by atoms with Gasteiger partial charge in [-0.15, -0.1) is 11.3 Å². The van der Waals surface area contributed by atoms with Crippen LogP contribution in [-0.2, 0) is 4.74 Å². The molecule has 0 saturated heterocycles. The van der Waals surface area contributed by atoms with Crippen molar-refractivity contribution in [1.29, 1.82) is 0 Å². The lowest BCUT2D eigenvalue weighted by molar-refractivity contribution is 0.00650. The van der Waals surface area contributed by atoms with Crippen molar-refractivity contribution in [2.24, 2.45) is 0 Å². The van der Waals surface area contributed by atoms with Gasteiger partial charge in [0.2, 0.25) is 0 Å². The van der Waals surface area contributed by atoms with Gasteiger partial charge < -0.3 is 15.0 Å². The molecule has 1 amide bonds. The zero-order valence-electron chi connectivity index (χ0n) is 15.2. The molecule has 132 valence electrons. The monoisotopic (exact) mass is 360 g/mol. The Hall–Kier alpha value is -0.780. The number of thiophene rings is 1. The number of hydrogen-bond donors (Lipinski definition) is 1. The number of nitrogens with one attached hydrogen (secondary N) is 1. The summed E-state index contributed by atoms with van der Waals surface area (Å²) in [7, 11) is 0. The second kappa shape index (κ2) is 7.86. The summed E-state index contributed by atoms with van der Waals surface area (Å²) in [6, 6.07) is 4.13. The van der Waals surface area contributed by atoms with Gasteiger partial charge in [-0.3, -0.25) is 0 Å². The molecule has 0 fully saturated rings. The standard InChI is InChI=1S/C17H29ClN2O2S/c1-12(13-8-9-14(18)23-13)19-10-11-20(16(2,3)4)15(21)22-17(5,6)7/h8-9,12,19H,10-11H2,1-7H3. The average molecular weight is 361 g/mol. The van der Waals surface area contributed by atoms with Gasteiger partial charge in [-0.2, -0.15) is 0 Å². The number of carbonyl (C=O) groups is 1. The van der Waals surface area contributed by atoms with Crippen LogP contribution in [0.1, 0.15) is 59.4 Å². The molecule has 0 aliphatic carbocycles. The quantitative estimate of drug-likeness (QED) is 0.795. The number of amides is 1. The van der Waals surface area contributed by atoms with Gasteiger partial charge in [-0.25, -0.2) is 4.79 Å². The van der Waals surface area contributed by atoms with E-state index in [2.05, 4.69) is 12.2 Å². The second-order valence-electron chi connectivity index (χ2n) is 7.62. The molecular formula is C17H29ClN2O2S. The molecule has 1 atom stereocenters. The van der Waals surface area contributed by atoms with Gasteiger partial charge in [0.1, 0.15) is 5.60 Å². The number of carbonyl (C=O) groups excluding carboxylic acids is 1. The Balaban J connectivity index is 2.60. The lowest BCUT2D eigenvalue weighted by Gasteiger charge is -2.37. The van der Waals surface area contributed by atoms with Gasteiger partial charge in [0, 0.05) is 29.5 Å². The Morgan fingerprint density at radius 3 is 2.35 bits per heavy atom. The van der Waals surface area contributed by atoms with Crippen LogP contribution in [0.3, 0.4) is 0 Å². The van der Waals surface area contributed by atoms with Crippen molar-refractivity contribution in [3.63, 3.8) is 0 Å². The fourth-order valence-electron chi connectivity index (χ4n) is 2.07. The predicted molar refractivity (Wildman–Crippen MR) is 98.4 cm³/mol. The molecule has 1 aromatic heterocycles. The van der Waals surface area contributed by atoms with E-state index in [-0.39, 0.29) is 17.7 Å². The summed E-state index contributed by atoms with van der Waals surface area (Å²) in [5, 5.41) is 3.43. The van der Waals surface area contributed by atoms with Crippen molar-refractivity contribution in [1.82, 2.24) is 10.2 Å². The van der Waals surface area contributed by atoms with Crippen LogP contribution in [-0.4, -0.2) is 35.2 Å². The maximum absolute atomic E-state index is 12.4. The zero-order valence-corrected chi connectivity index (χ0v) is 16.8. The normalized spacial score (nSPS) is 13.7. The summed E-state index contributed by atoms with van der Waals surface area (Å²) in [5.74, 6) is 0. The molecule has 23 heavy (non-hydrogen) atoms. The molecular weight excluding hydrogens is 332 g/mol. The van der Waals surface area contributed by atoms with Crippen LogP contribution in [0.2, 0.25) is 4.34 Å². The third kappa shape index (κ3) is 7.10. The minimum absolute atomic E-state index is 0.202. The molecule has 0 aliphatic heterocycles. The van der Waals surface area contributed by atoms with Crippen molar-refractivity contribution in [2.45, 2.75) is 65.6 Å². The third-order valence-electron chi connectivity index (χ3n) is 3.23.